The van der Waals surface area contributed by atoms with Crippen LogP contribution in [-0.2, 0) is 6.18 Å². The molecule has 3 heterocycles. The lowest BCUT2D eigenvalue weighted by molar-refractivity contribution is -0.140. The lowest BCUT2D eigenvalue weighted by Crippen LogP contribution is -2.20. The van der Waals surface area contributed by atoms with Crippen LogP contribution in [0.5, 0.6) is 5.75 Å². The number of rotatable bonds is 3. The molecule has 0 saturated carbocycles. The molecular weight excluding hydrogens is 461 g/mol. The Bertz CT molecular complexity index is 1590. The second kappa shape index (κ2) is 7.38. The van der Waals surface area contributed by atoms with Gasteiger partial charge in [-0.05, 0) is 24.6 Å². The molecule has 0 fully saturated rings. The number of hydrogen-bond donors (Lipinski definition) is 1. The molecule has 0 unspecified atom stereocenters. The third-order valence-electron chi connectivity index (χ3n) is 5.20. The van der Waals surface area contributed by atoms with Gasteiger partial charge in [0, 0.05) is 0 Å². The zero-order chi connectivity index (χ0) is 23.5. The fourth-order valence-electron chi connectivity index (χ4n) is 3.73. The van der Waals surface area contributed by atoms with Crippen LogP contribution in [0.25, 0.3) is 39.3 Å². The Morgan fingerprint density at radius 3 is 2.48 bits per heavy atom. The number of aromatic nitrogens is 4. The standard InChI is InChI=1S/C22H14ClF3N4O3/c1-10-14(20-28-16-13(32-2)9-8-12(23)17(16)33-20)21(31)30-19(27-10)15(11-6-4-3-5-7-11)18(29-30)22(24,25)26/h3-9,29H,1-2H3. The van der Waals surface area contributed by atoms with Crippen molar-refractivity contribution in [3.63, 3.8) is 0 Å². The maximum absolute atomic E-state index is 13.9. The first-order valence-electron chi connectivity index (χ1n) is 9.62. The van der Waals surface area contributed by atoms with E-state index < -0.39 is 17.4 Å². The van der Waals surface area contributed by atoms with Crippen molar-refractivity contribution in [2.45, 2.75) is 13.1 Å². The van der Waals surface area contributed by atoms with Crippen molar-refractivity contribution in [1.29, 1.82) is 0 Å². The SMILES string of the molecule is COc1ccc(Cl)c2oc(-c3c(C)nc4c(-c5ccccc5)c(C(F)(F)F)[nH]n4c3=O)nc12. The number of nitrogens with zero attached hydrogens (tertiary/aromatic N) is 3. The third kappa shape index (κ3) is 3.25. The topological polar surface area (TPSA) is 85.4 Å². The molecule has 33 heavy (non-hydrogen) atoms. The minimum atomic E-state index is -4.75. The molecule has 0 aliphatic carbocycles. The average molecular weight is 475 g/mol. The Hall–Kier alpha value is -3.79. The Morgan fingerprint density at radius 1 is 1.09 bits per heavy atom. The van der Waals surface area contributed by atoms with E-state index in [1.54, 1.807) is 30.3 Å². The molecular formula is C22H14ClF3N4O3. The van der Waals surface area contributed by atoms with Gasteiger partial charge in [0.15, 0.2) is 16.7 Å². The summed E-state index contributed by atoms with van der Waals surface area (Å²) in [4.78, 5) is 22.0. The van der Waals surface area contributed by atoms with Crippen molar-refractivity contribution in [2.75, 3.05) is 7.11 Å². The molecule has 3 aromatic heterocycles. The maximum Gasteiger partial charge on any atom is 0.433 e. The van der Waals surface area contributed by atoms with Crippen LogP contribution in [0.15, 0.2) is 51.7 Å². The number of nitrogens with one attached hydrogen (secondary N) is 1. The van der Waals surface area contributed by atoms with E-state index in [2.05, 4.69) is 15.1 Å². The molecule has 0 spiro atoms. The first-order chi connectivity index (χ1) is 15.7. The number of benzene rings is 2. The highest BCUT2D eigenvalue weighted by Gasteiger charge is 2.38. The van der Waals surface area contributed by atoms with Gasteiger partial charge in [-0.1, -0.05) is 41.9 Å². The largest absolute Gasteiger partial charge is 0.494 e. The second-order valence-electron chi connectivity index (χ2n) is 7.21. The molecule has 0 atom stereocenters. The monoisotopic (exact) mass is 474 g/mol. The molecule has 168 valence electrons. The molecule has 0 bridgehead atoms. The van der Waals surface area contributed by atoms with Crippen LogP contribution in [0.2, 0.25) is 5.02 Å². The zero-order valence-corrected chi connectivity index (χ0v) is 17.9. The van der Waals surface area contributed by atoms with E-state index in [1.165, 1.54) is 26.2 Å². The Labute approximate surface area is 188 Å². The number of hydrogen-bond acceptors (Lipinski definition) is 5. The quantitative estimate of drug-likeness (QED) is 0.374. The molecule has 0 saturated heterocycles. The van der Waals surface area contributed by atoms with Gasteiger partial charge in [-0.2, -0.15) is 17.7 Å². The summed E-state index contributed by atoms with van der Waals surface area (Å²) < 4.78 is 53.3. The lowest BCUT2D eigenvalue weighted by atomic mass is 10.1. The first kappa shape index (κ1) is 21.1. The molecule has 2 aromatic carbocycles. The Morgan fingerprint density at radius 2 is 1.82 bits per heavy atom. The molecule has 1 N–H and O–H groups in total. The summed E-state index contributed by atoms with van der Waals surface area (Å²) in [5.74, 6) is 0.229. The number of aromatic amines is 1. The number of ether oxygens (including phenoxy) is 1. The highest BCUT2D eigenvalue weighted by Crippen LogP contribution is 2.39. The van der Waals surface area contributed by atoms with Gasteiger partial charge >= 0.3 is 6.18 Å². The zero-order valence-electron chi connectivity index (χ0n) is 17.1. The number of fused-ring (bicyclic) bond motifs is 2. The van der Waals surface area contributed by atoms with Crippen molar-refractivity contribution in [2.24, 2.45) is 0 Å². The van der Waals surface area contributed by atoms with Gasteiger partial charge in [0.05, 0.1) is 23.4 Å². The molecule has 11 heteroatoms. The number of oxazole rings is 1. The van der Waals surface area contributed by atoms with E-state index in [1.807, 2.05) is 0 Å². The Balaban J connectivity index is 1.83. The predicted molar refractivity (Wildman–Crippen MR) is 116 cm³/mol. The number of H-pyrrole nitrogens is 1. The van der Waals surface area contributed by atoms with Crippen LogP contribution in [0, 0.1) is 6.92 Å². The summed E-state index contributed by atoms with van der Waals surface area (Å²) in [5.41, 5.74) is -1.50. The first-order valence-corrected chi connectivity index (χ1v) is 10.00. The summed E-state index contributed by atoms with van der Waals surface area (Å²) in [6.07, 6.45) is -4.75. The summed E-state index contributed by atoms with van der Waals surface area (Å²) in [6, 6.07) is 11.1. The van der Waals surface area contributed by atoms with E-state index in [0.29, 0.717) is 5.75 Å². The summed E-state index contributed by atoms with van der Waals surface area (Å²) in [5, 5.41) is 2.41. The maximum atomic E-state index is 13.9. The van der Waals surface area contributed by atoms with Crippen LogP contribution in [-0.4, -0.2) is 26.7 Å². The van der Waals surface area contributed by atoms with Gasteiger partial charge < -0.3 is 9.15 Å². The lowest BCUT2D eigenvalue weighted by Gasteiger charge is -2.07. The van der Waals surface area contributed by atoms with Gasteiger partial charge in [-0.25, -0.2) is 9.97 Å². The van der Waals surface area contributed by atoms with E-state index in [-0.39, 0.29) is 50.0 Å². The van der Waals surface area contributed by atoms with Crippen molar-refractivity contribution in [3.8, 4) is 28.3 Å². The predicted octanol–water partition coefficient (Wildman–Crippen LogP) is 5.49. The van der Waals surface area contributed by atoms with Gasteiger partial charge in [-0.15, -0.1) is 0 Å². The number of alkyl halides is 3. The molecule has 7 nitrogen and oxygen atoms in total. The third-order valence-corrected chi connectivity index (χ3v) is 5.50. The molecule has 5 aromatic rings. The van der Waals surface area contributed by atoms with Crippen LogP contribution >= 0.6 is 11.6 Å². The van der Waals surface area contributed by atoms with E-state index in [4.69, 9.17) is 20.8 Å². The molecule has 0 aliphatic rings. The van der Waals surface area contributed by atoms with Gasteiger partial charge in [0.1, 0.15) is 17.0 Å². The fourth-order valence-corrected chi connectivity index (χ4v) is 3.92. The summed E-state index contributed by atoms with van der Waals surface area (Å²) in [7, 11) is 1.44. The highest BCUT2D eigenvalue weighted by molar-refractivity contribution is 6.34. The Kier molecular flexibility index (Phi) is 4.71. The number of methoxy groups -OCH3 is 1. The normalized spacial score (nSPS) is 12.1. The van der Waals surface area contributed by atoms with Crippen LogP contribution in [0.4, 0.5) is 13.2 Å². The summed E-state index contributed by atoms with van der Waals surface area (Å²) in [6.45, 7) is 1.50. The van der Waals surface area contributed by atoms with Crippen LogP contribution in [0.3, 0.4) is 0 Å². The van der Waals surface area contributed by atoms with Crippen LogP contribution in [0.1, 0.15) is 11.4 Å². The minimum absolute atomic E-state index is 0.101. The smallest absolute Gasteiger partial charge is 0.433 e. The van der Waals surface area contributed by atoms with Crippen molar-refractivity contribution < 1.29 is 22.3 Å². The van der Waals surface area contributed by atoms with Crippen LogP contribution < -0.4 is 10.3 Å². The molecule has 0 radical (unpaired) electrons. The van der Waals surface area contributed by atoms with Crippen molar-refractivity contribution in [3.05, 3.63) is 69.2 Å². The van der Waals surface area contributed by atoms with E-state index in [9.17, 15) is 18.0 Å². The van der Waals surface area contributed by atoms with Gasteiger partial charge in [-0.3, -0.25) is 9.89 Å². The fraction of sp³-hybridized carbons (Fsp3) is 0.136. The van der Waals surface area contributed by atoms with Gasteiger partial charge in [0.25, 0.3) is 5.56 Å². The average Bonchev–Trinajstić information content (AvgIpc) is 3.38. The minimum Gasteiger partial charge on any atom is -0.494 e. The van der Waals surface area contributed by atoms with E-state index >= 15 is 0 Å². The highest BCUT2D eigenvalue weighted by atomic mass is 35.5. The molecule has 0 aliphatic heterocycles. The van der Waals surface area contributed by atoms with Gasteiger partial charge in [0.2, 0.25) is 5.89 Å². The molecule has 0 amide bonds. The number of halogens is 4. The molecule has 5 rings (SSSR count). The summed E-state index contributed by atoms with van der Waals surface area (Å²) >= 11 is 6.18. The van der Waals surface area contributed by atoms with Crippen molar-refractivity contribution >= 4 is 28.3 Å². The number of aryl methyl sites for hydroxylation is 1. The second-order valence-corrected chi connectivity index (χ2v) is 7.62. The van der Waals surface area contributed by atoms with E-state index in [0.717, 1.165) is 4.52 Å². The van der Waals surface area contributed by atoms with Crippen molar-refractivity contribution in [1.82, 2.24) is 19.6 Å².